The summed E-state index contributed by atoms with van der Waals surface area (Å²) in [5, 5.41) is 5.20. The number of anilines is 1. The number of ether oxygens (including phenoxy) is 2. The van der Waals surface area contributed by atoms with E-state index in [1.165, 1.54) is 17.4 Å². The minimum absolute atomic E-state index is 0.278. The van der Waals surface area contributed by atoms with E-state index in [4.69, 9.17) is 9.47 Å². The predicted molar refractivity (Wildman–Crippen MR) is 128 cm³/mol. The van der Waals surface area contributed by atoms with E-state index in [0.717, 1.165) is 36.0 Å². The van der Waals surface area contributed by atoms with Gasteiger partial charge in [0.05, 0.1) is 28.9 Å². The molecule has 0 atom stereocenters. The van der Waals surface area contributed by atoms with Crippen LogP contribution in [0.1, 0.15) is 5.56 Å². The second kappa shape index (κ2) is 9.88. The van der Waals surface area contributed by atoms with Crippen LogP contribution in [0.2, 0.25) is 0 Å². The third-order valence-corrected chi connectivity index (χ3v) is 6.26. The van der Waals surface area contributed by atoms with Gasteiger partial charge in [-0.2, -0.15) is 0 Å². The minimum Gasteiger partial charge on any atom is -0.496 e. The van der Waals surface area contributed by atoms with Gasteiger partial charge in [0.15, 0.2) is 5.13 Å². The summed E-state index contributed by atoms with van der Waals surface area (Å²) in [5.41, 5.74) is 2.47. The molecule has 0 saturated heterocycles. The highest BCUT2D eigenvalue weighted by atomic mass is 79.9. The highest BCUT2D eigenvalue weighted by molar-refractivity contribution is 9.11. The van der Waals surface area contributed by atoms with Gasteiger partial charge in [-0.05, 0) is 68.3 Å². The van der Waals surface area contributed by atoms with E-state index in [0.29, 0.717) is 10.9 Å². The molecule has 0 fully saturated rings. The molecule has 1 N–H and O–H groups in total. The summed E-state index contributed by atoms with van der Waals surface area (Å²) < 4.78 is 13.1. The number of rotatable bonds is 6. The summed E-state index contributed by atoms with van der Waals surface area (Å²) in [4.78, 5) is 16.8. The molecule has 0 bridgehead atoms. The van der Waals surface area contributed by atoms with Crippen LogP contribution in [0.4, 0.5) is 5.13 Å². The largest absolute Gasteiger partial charge is 0.496 e. The second-order valence-corrected chi connectivity index (χ2v) is 9.20. The molecular weight excluding hydrogens is 588 g/mol. The molecule has 9 heteroatoms. The maximum atomic E-state index is 12.3. The standard InChI is InChI=1S/C20H15Br3N2O3S/c1-27-17-5-3-11(8-14(17)22)16-10-29-20(24-16)25-18(26)6-4-12-7-13(21)9-15(23)19(12)28-2/h3-10H,1-2H3,(H,24,25,26)/b6-4+. The lowest BCUT2D eigenvalue weighted by Crippen LogP contribution is -2.07. The zero-order valence-electron chi connectivity index (χ0n) is 15.3. The molecule has 0 aliphatic rings. The maximum Gasteiger partial charge on any atom is 0.250 e. The van der Waals surface area contributed by atoms with Gasteiger partial charge in [0.2, 0.25) is 5.91 Å². The van der Waals surface area contributed by atoms with Gasteiger partial charge in [0.25, 0.3) is 0 Å². The topological polar surface area (TPSA) is 60.5 Å². The van der Waals surface area contributed by atoms with Crippen molar-refractivity contribution >= 4 is 76.2 Å². The first-order valence-corrected chi connectivity index (χ1v) is 11.5. The molecule has 1 aromatic heterocycles. The summed E-state index contributed by atoms with van der Waals surface area (Å²) in [6.45, 7) is 0. The van der Waals surface area contributed by atoms with E-state index in [2.05, 4.69) is 58.1 Å². The van der Waals surface area contributed by atoms with Crippen molar-refractivity contribution in [3.05, 3.63) is 60.8 Å². The average molecular weight is 603 g/mol. The van der Waals surface area contributed by atoms with E-state index in [1.54, 1.807) is 20.3 Å². The number of carbonyl (C=O) groups excluding carboxylic acids is 1. The Morgan fingerprint density at radius 1 is 1.10 bits per heavy atom. The fourth-order valence-corrected chi connectivity index (χ4v) is 5.20. The van der Waals surface area contributed by atoms with Crippen molar-refractivity contribution in [2.24, 2.45) is 0 Å². The summed E-state index contributed by atoms with van der Waals surface area (Å²) in [6, 6.07) is 9.46. The van der Waals surface area contributed by atoms with E-state index in [1.807, 2.05) is 35.7 Å². The van der Waals surface area contributed by atoms with Gasteiger partial charge in [-0.1, -0.05) is 15.9 Å². The number of hydrogen-bond acceptors (Lipinski definition) is 5. The van der Waals surface area contributed by atoms with Crippen molar-refractivity contribution < 1.29 is 14.3 Å². The summed E-state index contributed by atoms with van der Waals surface area (Å²) in [7, 11) is 3.20. The highest BCUT2D eigenvalue weighted by Gasteiger charge is 2.10. The Morgan fingerprint density at radius 2 is 1.90 bits per heavy atom. The number of aromatic nitrogens is 1. The molecule has 0 radical (unpaired) electrons. The molecule has 29 heavy (non-hydrogen) atoms. The molecule has 2 aromatic carbocycles. The fraction of sp³-hybridized carbons (Fsp3) is 0.100. The first-order valence-electron chi connectivity index (χ1n) is 8.22. The van der Waals surface area contributed by atoms with Crippen molar-refractivity contribution in [1.82, 2.24) is 4.98 Å². The number of benzene rings is 2. The van der Waals surface area contributed by atoms with Crippen molar-refractivity contribution in [2.75, 3.05) is 19.5 Å². The Morgan fingerprint density at radius 3 is 2.59 bits per heavy atom. The third kappa shape index (κ3) is 5.48. The summed E-state index contributed by atoms with van der Waals surface area (Å²) in [5.74, 6) is 1.12. The molecule has 5 nitrogen and oxygen atoms in total. The fourth-order valence-electron chi connectivity index (χ4n) is 2.52. The minimum atomic E-state index is -0.278. The SMILES string of the molecule is COc1ccc(-c2csc(NC(=O)/C=C/c3cc(Br)cc(Br)c3OC)n2)cc1Br. The van der Waals surface area contributed by atoms with E-state index in [9.17, 15) is 4.79 Å². The zero-order valence-corrected chi connectivity index (χ0v) is 20.9. The molecule has 3 aromatic rings. The lowest BCUT2D eigenvalue weighted by Gasteiger charge is -2.08. The van der Waals surface area contributed by atoms with Crippen LogP contribution in [-0.4, -0.2) is 25.1 Å². The predicted octanol–water partition coefficient (Wildman–Crippen LogP) is 6.77. The smallest absolute Gasteiger partial charge is 0.250 e. The van der Waals surface area contributed by atoms with E-state index in [-0.39, 0.29) is 5.91 Å². The van der Waals surface area contributed by atoms with Crippen LogP contribution in [0.15, 0.2) is 55.2 Å². The van der Waals surface area contributed by atoms with Crippen molar-refractivity contribution in [2.45, 2.75) is 0 Å². The molecule has 0 saturated carbocycles. The van der Waals surface area contributed by atoms with Crippen LogP contribution in [0, 0.1) is 0 Å². The Kier molecular flexibility index (Phi) is 7.50. The lowest BCUT2D eigenvalue weighted by molar-refractivity contribution is -0.111. The number of carbonyl (C=O) groups is 1. The number of methoxy groups -OCH3 is 2. The maximum absolute atomic E-state index is 12.3. The molecule has 150 valence electrons. The van der Waals surface area contributed by atoms with Crippen LogP contribution < -0.4 is 14.8 Å². The summed E-state index contributed by atoms with van der Waals surface area (Å²) >= 11 is 11.7. The van der Waals surface area contributed by atoms with Crippen LogP contribution in [0.5, 0.6) is 11.5 Å². The highest BCUT2D eigenvalue weighted by Crippen LogP contribution is 2.34. The Balaban J connectivity index is 1.73. The number of amides is 1. The normalized spacial score (nSPS) is 10.9. The van der Waals surface area contributed by atoms with Gasteiger partial charge in [-0.15, -0.1) is 11.3 Å². The molecule has 0 aliphatic heterocycles. The first-order chi connectivity index (χ1) is 13.9. The Bertz CT molecular complexity index is 1080. The number of halogens is 3. The zero-order chi connectivity index (χ0) is 21.0. The van der Waals surface area contributed by atoms with Crippen LogP contribution in [-0.2, 0) is 4.79 Å². The molecule has 1 amide bonds. The number of nitrogens with one attached hydrogen (secondary N) is 1. The molecule has 0 spiro atoms. The van der Waals surface area contributed by atoms with Crippen molar-refractivity contribution in [1.29, 1.82) is 0 Å². The van der Waals surface area contributed by atoms with Crippen LogP contribution >= 0.6 is 59.1 Å². The van der Waals surface area contributed by atoms with Crippen LogP contribution in [0.25, 0.3) is 17.3 Å². The van der Waals surface area contributed by atoms with Gasteiger partial charge in [0, 0.05) is 27.1 Å². The van der Waals surface area contributed by atoms with Gasteiger partial charge in [-0.3, -0.25) is 10.1 Å². The number of nitrogens with zero attached hydrogens (tertiary/aromatic N) is 1. The monoisotopic (exact) mass is 600 g/mol. The Labute approximate surface area is 197 Å². The first kappa shape index (κ1) is 22.0. The van der Waals surface area contributed by atoms with E-state index < -0.39 is 0 Å². The molecule has 0 aliphatic carbocycles. The lowest BCUT2D eigenvalue weighted by atomic mass is 10.2. The van der Waals surface area contributed by atoms with Crippen molar-refractivity contribution in [3.63, 3.8) is 0 Å². The van der Waals surface area contributed by atoms with Gasteiger partial charge >= 0.3 is 0 Å². The van der Waals surface area contributed by atoms with Crippen molar-refractivity contribution in [3.8, 4) is 22.8 Å². The average Bonchev–Trinajstić information content (AvgIpc) is 3.14. The molecule has 0 unspecified atom stereocenters. The number of thiazole rings is 1. The van der Waals surface area contributed by atoms with Gasteiger partial charge in [0.1, 0.15) is 11.5 Å². The number of hydrogen-bond donors (Lipinski definition) is 1. The Hall–Kier alpha value is -1.68. The van der Waals surface area contributed by atoms with Gasteiger partial charge < -0.3 is 9.47 Å². The molecular formula is C20H15Br3N2O3S. The second-order valence-electron chi connectivity index (χ2n) is 5.72. The molecule has 1 heterocycles. The molecule has 3 rings (SSSR count). The summed E-state index contributed by atoms with van der Waals surface area (Å²) in [6.07, 6.45) is 3.14. The van der Waals surface area contributed by atoms with Gasteiger partial charge in [-0.25, -0.2) is 4.98 Å². The van der Waals surface area contributed by atoms with E-state index >= 15 is 0 Å². The van der Waals surface area contributed by atoms with Crippen LogP contribution in [0.3, 0.4) is 0 Å². The third-order valence-electron chi connectivity index (χ3n) is 3.84. The quantitative estimate of drug-likeness (QED) is 0.317.